The van der Waals surface area contributed by atoms with Gasteiger partial charge in [-0.1, -0.05) is 30.3 Å². The minimum Gasteiger partial charge on any atom is -0.287 e. The number of rotatable bonds is 2. The molecule has 3 aromatic rings. The summed E-state index contributed by atoms with van der Waals surface area (Å²) in [5.41, 5.74) is 4.21. The Morgan fingerprint density at radius 3 is 2.40 bits per heavy atom. The fourth-order valence-electron chi connectivity index (χ4n) is 2.22. The summed E-state index contributed by atoms with van der Waals surface area (Å²) >= 11 is 0. The standard InChI is InChI=1S/C17H14N2O/c1-11-8-14-15(9-12(11)2)18-10-19-16(14)17(20)13-6-4-3-5-7-13/h3-10H,1-2H3. The average molecular weight is 262 g/mol. The summed E-state index contributed by atoms with van der Waals surface area (Å²) in [6.45, 7) is 4.06. The molecule has 20 heavy (non-hydrogen) atoms. The Morgan fingerprint density at radius 2 is 1.65 bits per heavy atom. The van der Waals surface area contributed by atoms with Gasteiger partial charge in [0.2, 0.25) is 5.78 Å². The third-order valence-corrected chi connectivity index (χ3v) is 3.50. The number of hydrogen-bond donors (Lipinski definition) is 0. The number of carbonyl (C=O) groups is 1. The summed E-state index contributed by atoms with van der Waals surface area (Å²) in [6, 6.07) is 13.2. The number of fused-ring (bicyclic) bond motifs is 1. The molecular formula is C17H14N2O. The van der Waals surface area contributed by atoms with Gasteiger partial charge in [-0.3, -0.25) is 4.79 Å². The van der Waals surface area contributed by atoms with Gasteiger partial charge < -0.3 is 0 Å². The van der Waals surface area contributed by atoms with Crippen molar-refractivity contribution in [3.8, 4) is 0 Å². The van der Waals surface area contributed by atoms with Crippen LogP contribution in [0.5, 0.6) is 0 Å². The molecule has 0 aliphatic carbocycles. The number of carbonyl (C=O) groups excluding carboxylic acids is 1. The Hall–Kier alpha value is -2.55. The molecule has 0 fully saturated rings. The molecule has 0 spiro atoms. The Labute approximate surface area is 117 Å². The van der Waals surface area contributed by atoms with Crippen LogP contribution < -0.4 is 0 Å². The molecule has 0 aliphatic heterocycles. The number of nitrogens with zero attached hydrogens (tertiary/aromatic N) is 2. The van der Waals surface area contributed by atoms with Crippen LogP contribution in [0.1, 0.15) is 27.2 Å². The van der Waals surface area contributed by atoms with E-state index < -0.39 is 0 Å². The second-order valence-corrected chi connectivity index (χ2v) is 4.87. The van der Waals surface area contributed by atoms with Crippen LogP contribution in [0.4, 0.5) is 0 Å². The zero-order valence-electron chi connectivity index (χ0n) is 11.4. The van der Waals surface area contributed by atoms with E-state index in [1.54, 1.807) is 12.1 Å². The number of ketones is 1. The highest BCUT2D eigenvalue weighted by molar-refractivity contribution is 6.14. The highest BCUT2D eigenvalue weighted by atomic mass is 16.1. The van der Waals surface area contributed by atoms with Crippen molar-refractivity contribution in [1.82, 2.24) is 9.97 Å². The van der Waals surface area contributed by atoms with E-state index in [2.05, 4.69) is 9.97 Å². The van der Waals surface area contributed by atoms with Crippen molar-refractivity contribution >= 4 is 16.7 Å². The summed E-state index contributed by atoms with van der Waals surface area (Å²) in [7, 11) is 0. The Kier molecular flexibility index (Phi) is 3.03. The molecule has 0 unspecified atom stereocenters. The van der Waals surface area contributed by atoms with Crippen LogP contribution in [0.15, 0.2) is 48.8 Å². The molecule has 0 bridgehead atoms. The molecule has 0 saturated carbocycles. The largest absolute Gasteiger partial charge is 0.287 e. The Bertz CT molecular complexity index is 795. The zero-order valence-corrected chi connectivity index (χ0v) is 11.4. The van der Waals surface area contributed by atoms with Crippen LogP contribution >= 0.6 is 0 Å². The Morgan fingerprint density at radius 1 is 0.950 bits per heavy atom. The fourth-order valence-corrected chi connectivity index (χ4v) is 2.22. The molecule has 2 aromatic carbocycles. The van der Waals surface area contributed by atoms with Crippen molar-refractivity contribution in [3.63, 3.8) is 0 Å². The zero-order chi connectivity index (χ0) is 14.1. The van der Waals surface area contributed by atoms with Crippen LogP contribution in [0, 0.1) is 13.8 Å². The maximum atomic E-state index is 12.6. The smallest absolute Gasteiger partial charge is 0.212 e. The summed E-state index contributed by atoms with van der Waals surface area (Å²) in [5, 5.41) is 0.810. The summed E-state index contributed by atoms with van der Waals surface area (Å²) in [4.78, 5) is 21.0. The SMILES string of the molecule is Cc1cc2ncnc(C(=O)c3ccccc3)c2cc1C. The average Bonchev–Trinajstić information content (AvgIpc) is 2.48. The van der Waals surface area contributed by atoms with Crippen molar-refractivity contribution in [3.05, 3.63) is 71.2 Å². The van der Waals surface area contributed by atoms with E-state index in [0.29, 0.717) is 11.3 Å². The molecular weight excluding hydrogens is 248 g/mol. The number of hydrogen-bond acceptors (Lipinski definition) is 3. The molecule has 1 aromatic heterocycles. The molecule has 3 nitrogen and oxygen atoms in total. The molecule has 0 aliphatic rings. The van der Waals surface area contributed by atoms with Crippen LogP contribution in [0.2, 0.25) is 0 Å². The van der Waals surface area contributed by atoms with E-state index in [4.69, 9.17) is 0 Å². The summed E-state index contributed by atoms with van der Waals surface area (Å²) < 4.78 is 0. The molecule has 0 amide bonds. The summed E-state index contributed by atoms with van der Waals surface area (Å²) in [6.07, 6.45) is 1.45. The van der Waals surface area contributed by atoms with Crippen molar-refractivity contribution in [2.24, 2.45) is 0 Å². The first-order chi connectivity index (χ1) is 9.66. The van der Waals surface area contributed by atoms with Crippen molar-refractivity contribution < 1.29 is 4.79 Å². The first kappa shape index (κ1) is 12.5. The maximum absolute atomic E-state index is 12.6. The van der Waals surface area contributed by atoms with E-state index in [9.17, 15) is 4.79 Å². The third-order valence-electron chi connectivity index (χ3n) is 3.50. The van der Waals surface area contributed by atoms with E-state index >= 15 is 0 Å². The normalized spacial score (nSPS) is 10.7. The maximum Gasteiger partial charge on any atom is 0.212 e. The first-order valence-corrected chi connectivity index (χ1v) is 6.48. The lowest BCUT2D eigenvalue weighted by Crippen LogP contribution is -2.06. The number of benzene rings is 2. The first-order valence-electron chi connectivity index (χ1n) is 6.48. The van der Waals surface area contributed by atoms with Crippen LogP contribution in [-0.2, 0) is 0 Å². The molecule has 0 radical (unpaired) electrons. The van der Waals surface area contributed by atoms with Gasteiger partial charge in [0.1, 0.15) is 12.0 Å². The fraction of sp³-hybridized carbons (Fsp3) is 0.118. The van der Waals surface area contributed by atoms with Gasteiger partial charge >= 0.3 is 0 Å². The van der Waals surface area contributed by atoms with Gasteiger partial charge in [-0.15, -0.1) is 0 Å². The van der Waals surface area contributed by atoms with Crippen molar-refractivity contribution in [1.29, 1.82) is 0 Å². The van der Waals surface area contributed by atoms with E-state index in [-0.39, 0.29) is 5.78 Å². The van der Waals surface area contributed by atoms with Gasteiger partial charge in [-0.25, -0.2) is 9.97 Å². The number of aromatic nitrogens is 2. The second-order valence-electron chi connectivity index (χ2n) is 4.87. The van der Waals surface area contributed by atoms with Gasteiger partial charge in [-0.05, 0) is 37.1 Å². The molecule has 0 N–H and O–H groups in total. The monoisotopic (exact) mass is 262 g/mol. The lowest BCUT2D eigenvalue weighted by Gasteiger charge is -2.07. The lowest BCUT2D eigenvalue weighted by atomic mass is 10.0. The van der Waals surface area contributed by atoms with Crippen LogP contribution in [0.25, 0.3) is 10.9 Å². The van der Waals surface area contributed by atoms with Crippen LogP contribution in [-0.4, -0.2) is 15.8 Å². The Balaban J connectivity index is 2.22. The van der Waals surface area contributed by atoms with Gasteiger partial charge in [-0.2, -0.15) is 0 Å². The quantitative estimate of drug-likeness (QED) is 0.664. The molecule has 3 heteroatoms. The minimum absolute atomic E-state index is 0.0683. The topological polar surface area (TPSA) is 42.9 Å². The van der Waals surface area contributed by atoms with Crippen molar-refractivity contribution in [2.45, 2.75) is 13.8 Å². The van der Waals surface area contributed by atoms with Gasteiger partial charge in [0.25, 0.3) is 0 Å². The van der Waals surface area contributed by atoms with E-state index in [0.717, 1.165) is 22.0 Å². The van der Waals surface area contributed by atoms with E-state index in [1.807, 2.05) is 44.2 Å². The van der Waals surface area contributed by atoms with Crippen molar-refractivity contribution in [2.75, 3.05) is 0 Å². The summed E-state index contributed by atoms with van der Waals surface area (Å²) in [5.74, 6) is -0.0683. The van der Waals surface area contributed by atoms with Gasteiger partial charge in [0, 0.05) is 10.9 Å². The highest BCUT2D eigenvalue weighted by Gasteiger charge is 2.15. The molecule has 0 atom stereocenters. The van der Waals surface area contributed by atoms with Gasteiger partial charge in [0.05, 0.1) is 5.52 Å². The van der Waals surface area contributed by atoms with Crippen LogP contribution in [0.3, 0.4) is 0 Å². The third kappa shape index (κ3) is 2.07. The molecule has 0 saturated heterocycles. The van der Waals surface area contributed by atoms with E-state index in [1.165, 1.54) is 6.33 Å². The highest BCUT2D eigenvalue weighted by Crippen LogP contribution is 2.21. The lowest BCUT2D eigenvalue weighted by molar-refractivity contribution is 0.103. The molecule has 3 rings (SSSR count). The predicted molar refractivity (Wildman–Crippen MR) is 78.9 cm³/mol. The second kappa shape index (κ2) is 4.85. The predicted octanol–water partition coefficient (Wildman–Crippen LogP) is 3.48. The number of aryl methyl sites for hydroxylation is 2. The molecule has 98 valence electrons. The minimum atomic E-state index is -0.0683. The molecule has 1 heterocycles. The van der Waals surface area contributed by atoms with Gasteiger partial charge in [0.15, 0.2) is 0 Å².